The minimum absolute atomic E-state index is 0. The molecule has 2 atom stereocenters. The number of halogens is 2. The minimum Gasteiger partial charge on any atom is -0.491 e. The van der Waals surface area contributed by atoms with Crippen LogP contribution in [0, 0.1) is 5.92 Å². The number of hydrogen-bond acceptors (Lipinski definition) is 3. The number of amides is 1. The van der Waals surface area contributed by atoms with Gasteiger partial charge >= 0.3 is 0 Å². The van der Waals surface area contributed by atoms with E-state index in [0.29, 0.717) is 35.9 Å². The van der Waals surface area contributed by atoms with Crippen molar-refractivity contribution in [1.29, 1.82) is 0 Å². The zero-order chi connectivity index (χ0) is 15.4. The number of piperidine rings is 1. The zero-order valence-electron chi connectivity index (χ0n) is 13.1. The van der Waals surface area contributed by atoms with Crippen LogP contribution in [-0.2, 0) is 4.79 Å². The van der Waals surface area contributed by atoms with Gasteiger partial charge in [0, 0.05) is 30.3 Å². The second kappa shape index (κ2) is 8.50. The molecule has 2 heterocycles. The molecule has 6 heteroatoms. The number of fused-ring (bicyclic) bond motifs is 2. The second-order valence-corrected chi connectivity index (χ2v) is 6.29. The molecule has 2 aliphatic heterocycles. The molecule has 3 rings (SSSR count). The Bertz CT molecular complexity index is 517. The highest BCUT2D eigenvalue weighted by Gasteiger charge is 2.34. The summed E-state index contributed by atoms with van der Waals surface area (Å²) in [7, 11) is 0. The van der Waals surface area contributed by atoms with Crippen LogP contribution >= 0.6 is 12.4 Å². The van der Waals surface area contributed by atoms with E-state index in [9.17, 15) is 9.18 Å². The van der Waals surface area contributed by atoms with Gasteiger partial charge in [0.15, 0.2) is 0 Å². The summed E-state index contributed by atoms with van der Waals surface area (Å²) in [5.41, 5.74) is 0.707. The number of carbonyl (C=O) groups is 1. The summed E-state index contributed by atoms with van der Waals surface area (Å²) in [4.78, 5) is 12.2. The Morgan fingerprint density at radius 1 is 1.30 bits per heavy atom. The molecule has 2 N–H and O–H groups in total. The van der Waals surface area contributed by atoms with Gasteiger partial charge in [0.1, 0.15) is 19.0 Å². The summed E-state index contributed by atoms with van der Waals surface area (Å²) in [6.45, 7) is -0.482. The molecule has 0 saturated carbocycles. The lowest BCUT2D eigenvalue weighted by atomic mass is 9.89. The van der Waals surface area contributed by atoms with Crippen molar-refractivity contribution in [3.8, 4) is 5.75 Å². The van der Waals surface area contributed by atoms with Crippen LogP contribution in [0.25, 0.3) is 0 Å². The molecule has 2 unspecified atom stereocenters. The van der Waals surface area contributed by atoms with Crippen molar-refractivity contribution < 1.29 is 13.9 Å². The standard InChI is InChI=1S/C17H23FN2O2.ClH/c18-6-7-22-16-3-1-2-13(11-16)20-17(21)10-12-8-14-4-5-15(9-12)19-14;/h1-3,11-12,14-15,19H,4-10H2,(H,20,21);1H. The van der Waals surface area contributed by atoms with Crippen molar-refractivity contribution >= 4 is 24.0 Å². The summed E-state index contributed by atoms with van der Waals surface area (Å²) in [6, 6.07) is 8.33. The second-order valence-electron chi connectivity index (χ2n) is 6.29. The first-order valence-electron chi connectivity index (χ1n) is 8.07. The Kier molecular flexibility index (Phi) is 6.66. The molecule has 1 aromatic rings. The van der Waals surface area contributed by atoms with E-state index < -0.39 is 6.67 Å². The number of nitrogens with one attached hydrogen (secondary N) is 2. The zero-order valence-corrected chi connectivity index (χ0v) is 13.9. The molecule has 128 valence electrons. The van der Waals surface area contributed by atoms with Gasteiger partial charge in [-0.3, -0.25) is 4.79 Å². The van der Waals surface area contributed by atoms with E-state index in [0.717, 1.165) is 12.8 Å². The van der Waals surface area contributed by atoms with Crippen LogP contribution in [0.4, 0.5) is 10.1 Å². The minimum atomic E-state index is -0.519. The van der Waals surface area contributed by atoms with Gasteiger partial charge in [-0.25, -0.2) is 4.39 Å². The molecular weight excluding hydrogens is 319 g/mol. The Labute approximate surface area is 142 Å². The molecule has 2 bridgehead atoms. The van der Waals surface area contributed by atoms with Gasteiger partial charge in [-0.1, -0.05) is 6.07 Å². The number of benzene rings is 1. The molecule has 2 fully saturated rings. The predicted octanol–water partition coefficient (Wildman–Crippen LogP) is 3.32. The maximum Gasteiger partial charge on any atom is 0.224 e. The molecule has 2 saturated heterocycles. The lowest BCUT2D eigenvalue weighted by Gasteiger charge is -2.28. The molecule has 2 aliphatic rings. The van der Waals surface area contributed by atoms with Crippen LogP contribution in [0.3, 0.4) is 0 Å². The molecule has 4 nitrogen and oxygen atoms in total. The molecule has 0 aliphatic carbocycles. The topological polar surface area (TPSA) is 50.4 Å². The molecule has 1 amide bonds. The summed E-state index contributed by atoms with van der Waals surface area (Å²) < 4.78 is 17.3. The summed E-state index contributed by atoms with van der Waals surface area (Å²) >= 11 is 0. The van der Waals surface area contributed by atoms with Crippen molar-refractivity contribution in [2.24, 2.45) is 5.92 Å². The van der Waals surface area contributed by atoms with E-state index in [1.165, 1.54) is 12.8 Å². The van der Waals surface area contributed by atoms with E-state index in [1.807, 2.05) is 6.07 Å². The monoisotopic (exact) mass is 342 g/mol. The number of hydrogen-bond donors (Lipinski definition) is 2. The van der Waals surface area contributed by atoms with E-state index in [1.54, 1.807) is 18.2 Å². The van der Waals surface area contributed by atoms with E-state index in [2.05, 4.69) is 10.6 Å². The SMILES string of the molecule is Cl.O=C(CC1CC2CCC(C1)N2)Nc1cccc(OCCF)c1. The molecule has 1 aromatic carbocycles. The number of carbonyl (C=O) groups excluding carboxylic acids is 1. The smallest absolute Gasteiger partial charge is 0.224 e. The summed E-state index contributed by atoms with van der Waals surface area (Å²) in [5, 5.41) is 6.51. The van der Waals surface area contributed by atoms with E-state index in [-0.39, 0.29) is 24.9 Å². The third kappa shape index (κ3) is 5.08. The fourth-order valence-corrected chi connectivity index (χ4v) is 3.64. The van der Waals surface area contributed by atoms with Crippen molar-refractivity contribution in [3.63, 3.8) is 0 Å². The third-order valence-corrected chi connectivity index (χ3v) is 4.51. The largest absolute Gasteiger partial charge is 0.491 e. The number of ether oxygens (including phenoxy) is 1. The molecule has 0 radical (unpaired) electrons. The highest BCUT2D eigenvalue weighted by Crippen LogP contribution is 2.32. The van der Waals surface area contributed by atoms with Gasteiger partial charge in [-0.15, -0.1) is 12.4 Å². The molecule has 23 heavy (non-hydrogen) atoms. The predicted molar refractivity (Wildman–Crippen MR) is 91.1 cm³/mol. The average Bonchev–Trinajstić information content (AvgIpc) is 2.84. The third-order valence-electron chi connectivity index (χ3n) is 4.51. The van der Waals surface area contributed by atoms with Crippen LogP contribution in [-0.4, -0.2) is 31.3 Å². The Morgan fingerprint density at radius 2 is 2.04 bits per heavy atom. The van der Waals surface area contributed by atoms with Crippen molar-refractivity contribution in [2.45, 2.75) is 44.2 Å². The van der Waals surface area contributed by atoms with Gasteiger partial charge in [-0.05, 0) is 43.7 Å². The normalized spacial score (nSPS) is 25.5. The lowest BCUT2D eigenvalue weighted by molar-refractivity contribution is -0.117. The first-order valence-corrected chi connectivity index (χ1v) is 8.07. The van der Waals surface area contributed by atoms with Crippen LogP contribution in [0.5, 0.6) is 5.75 Å². The fraction of sp³-hybridized carbons (Fsp3) is 0.588. The van der Waals surface area contributed by atoms with Crippen LogP contribution in [0.1, 0.15) is 32.1 Å². The van der Waals surface area contributed by atoms with Crippen molar-refractivity contribution in [2.75, 3.05) is 18.6 Å². The number of anilines is 1. The lowest BCUT2D eigenvalue weighted by Crippen LogP contribution is -2.39. The van der Waals surface area contributed by atoms with Gasteiger partial charge < -0.3 is 15.4 Å². The summed E-state index contributed by atoms with van der Waals surface area (Å²) in [6.07, 6.45) is 5.27. The first-order chi connectivity index (χ1) is 10.7. The van der Waals surface area contributed by atoms with Gasteiger partial charge in [0.05, 0.1) is 0 Å². The highest BCUT2D eigenvalue weighted by atomic mass is 35.5. The van der Waals surface area contributed by atoms with Crippen LogP contribution < -0.4 is 15.4 Å². The fourth-order valence-electron chi connectivity index (χ4n) is 3.64. The number of alkyl halides is 1. The first kappa shape index (κ1) is 18.0. The van der Waals surface area contributed by atoms with Gasteiger partial charge in [0.25, 0.3) is 0 Å². The van der Waals surface area contributed by atoms with Crippen molar-refractivity contribution in [1.82, 2.24) is 5.32 Å². The maximum absolute atomic E-state index is 12.2. The quantitative estimate of drug-likeness (QED) is 0.833. The Hall–Kier alpha value is -1.33. The summed E-state index contributed by atoms with van der Waals surface area (Å²) in [5.74, 6) is 1.11. The number of rotatable bonds is 6. The van der Waals surface area contributed by atoms with Crippen molar-refractivity contribution in [3.05, 3.63) is 24.3 Å². The maximum atomic E-state index is 12.2. The molecule has 0 spiro atoms. The molecular formula is C17H24ClFN2O2. The van der Waals surface area contributed by atoms with Crippen LogP contribution in [0.15, 0.2) is 24.3 Å². The Balaban J connectivity index is 0.00000192. The van der Waals surface area contributed by atoms with Crippen LogP contribution in [0.2, 0.25) is 0 Å². The molecule has 0 aromatic heterocycles. The van der Waals surface area contributed by atoms with E-state index >= 15 is 0 Å². The Morgan fingerprint density at radius 3 is 2.74 bits per heavy atom. The average molecular weight is 343 g/mol. The van der Waals surface area contributed by atoms with Gasteiger partial charge in [0.2, 0.25) is 5.91 Å². The highest BCUT2D eigenvalue weighted by molar-refractivity contribution is 5.91. The van der Waals surface area contributed by atoms with E-state index in [4.69, 9.17) is 4.74 Å². The van der Waals surface area contributed by atoms with Gasteiger partial charge in [-0.2, -0.15) is 0 Å².